The number of aromatic nitrogens is 2. The minimum Gasteiger partial charge on any atom is -0.311 e. The fraction of sp³-hybridized carbons (Fsp3) is 0.375. The Balaban J connectivity index is 1.77. The van der Waals surface area contributed by atoms with Crippen molar-refractivity contribution in [1.29, 1.82) is 0 Å². The molecule has 26 heavy (non-hydrogen) atoms. The van der Waals surface area contributed by atoms with Gasteiger partial charge in [-0.05, 0) is 19.4 Å². The van der Waals surface area contributed by atoms with Crippen LogP contribution in [0.2, 0.25) is 0 Å². The van der Waals surface area contributed by atoms with Gasteiger partial charge in [0.15, 0.2) is 21.5 Å². The van der Waals surface area contributed by atoms with E-state index in [9.17, 15) is 26.4 Å². The fourth-order valence-electron chi connectivity index (χ4n) is 2.92. The van der Waals surface area contributed by atoms with Crippen molar-refractivity contribution in [2.75, 3.05) is 16.8 Å². The zero-order valence-electron chi connectivity index (χ0n) is 13.8. The van der Waals surface area contributed by atoms with Gasteiger partial charge in [-0.1, -0.05) is 0 Å². The van der Waals surface area contributed by atoms with E-state index in [-0.39, 0.29) is 22.9 Å². The topological polar surface area (TPSA) is 81.1 Å². The second-order valence-corrected chi connectivity index (χ2v) is 8.48. The van der Waals surface area contributed by atoms with E-state index in [4.69, 9.17) is 0 Å². The highest BCUT2D eigenvalue weighted by Gasteiger charge is 2.31. The fourth-order valence-corrected chi connectivity index (χ4v) is 4.61. The maximum atomic E-state index is 13.7. The smallest absolute Gasteiger partial charge is 0.230 e. The van der Waals surface area contributed by atoms with Crippen molar-refractivity contribution in [2.24, 2.45) is 0 Å². The van der Waals surface area contributed by atoms with Crippen molar-refractivity contribution in [3.05, 3.63) is 46.9 Å². The standard InChI is InChI=1S/C16H16F3N3O3S/c1-9-4-15(22(21-9)11-2-3-26(24,25)8-11)20-16(23)6-10-5-13(18)14(19)7-12(10)17/h4-5,7,11H,2-3,6,8H2,1H3,(H,20,23). The van der Waals surface area contributed by atoms with E-state index in [2.05, 4.69) is 10.4 Å². The predicted octanol–water partition coefficient (Wildman–Crippen LogP) is 2.15. The minimum absolute atomic E-state index is 0.0457. The number of benzene rings is 1. The van der Waals surface area contributed by atoms with Gasteiger partial charge in [-0.15, -0.1) is 0 Å². The van der Waals surface area contributed by atoms with Crippen molar-refractivity contribution in [2.45, 2.75) is 25.8 Å². The molecule has 1 saturated heterocycles. The zero-order chi connectivity index (χ0) is 19.1. The van der Waals surface area contributed by atoms with E-state index >= 15 is 0 Å². The number of carbonyl (C=O) groups is 1. The third-order valence-corrected chi connectivity index (χ3v) is 5.87. The molecule has 1 N–H and O–H groups in total. The van der Waals surface area contributed by atoms with Crippen molar-refractivity contribution in [1.82, 2.24) is 9.78 Å². The zero-order valence-corrected chi connectivity index (χ0v) is 14.6. The van der Waals surface area contributed by atoms with Crippen LogP contribution in [0.3, 0.4) is 0 Å². The number of aryl methyl sites for hydroxylation is 1. The third kappa shape index (κ3) is 3.90. The molecule has 0 saturated carbocycles. The summed E-state index contributed by atoms with van der Waals surface area (Å²) in [7, 11) is -3.14. The van der Waals surface area contributed by atoms with Gasteiger partial charge >= 0.3 is 0 Å². The van der Waals surface area contributed by atoms with Crippen LogP contribution in [0.5, 0.6) is 0 Å². The van der Waals surface area contributed by atoms with Crippen LogP contribution in [0.4, 0.5) is 19.0 Å². The molecule has 0 spiro atoms. The molecule has 0 radical (unpaired) electrons. The molecule has 0 bridgehead atoms. The van der Waals surface area contributed by atoms with E-state index in [0.29, 0.717) is 24.2 Å². The van der Waals surface area contributed by atoms with Crippen molar-refractivity contribution in [3.8, 4) is 0 Å². The second kappa shape index (κ2) is 6.75. The summed E-state index contributed by atoms with van der Waals surface area (Å²) >= 11 is 0. The first-order chi connectivity index (χ1) is 12.1. The molecular formula is C16H16F3N3O3S. The lowest BCUT2D eigenvalue weighted by molar-refractivity contribution is -0.115. The molecule has 1 atom stereocenters. The van der Waals surface area contributed by atoms with Crippen LogP contribution in [0.1, 0.15) is 23.7 Å². The lowest BCUT2D eigenvalue weighted by Crippen LogP contribution is -2.21. The van der Waals surface area contributed by atoms with E-state index in [1.807, 2.05) is 0 Å². The van der Waals surface area contributed by atoms with Crippen LogP contribution in [-0.4, -0.2) is 35.6 Å². The first kappa shape index (κ1) is 18.4. The number of rotatable bonds is 4. The average Bonchev–Trinajstić information content (AvgIpc) is 3.06. The monoisotopic (exact) mass is 387 g/mol. The highest BCUT2D eigenvalue weighted by Crippen LogP contribution is 2.27. The van der Waals surface area contributed by atoms with E-state index in [1.54, 1.807) is 13.0 Å². The molecule has 10 heteroatoms. The van der Waals surface area contributed by atoms with E-state index in [0.717, 1.165) is 0 Å². The molecule has 1 aliphatic heterocycles. The summed E-state index contributed by atoms with van der Waals surface area (Å²) in [5.74, 6) is -4.01. The molecule has 3 rings (SSSR count). The van der Waals surface area contributed by atoms with Crippen LogP contribution in [0.15, 0.2) is 18.2 Å². The quantitative estimate of drug-likeness (QED) is 0.816. The van der Waals surface area contributed by atoms with Gasteiger partial charge in [-0.25, -0.2) is 26.3 Å². The number of nitrogens with zero attached hydrogens (tertiary/aromatic N) is 2. The number of nitrogens with one attached hydrogen (secondary N) is 1. The van der Waals surface area contributed by atoms with Crippen LogP contribution in [0.25, 0.3) is 0 Å². The predicted molar refractivity (Wildman–Crippen MR) is 87.9 cm³/mol. The molecular weight excluding hydrogens is 371 g/mol. The number of hydrogen-bond acceptors (Lipinski definition) is 4. The average molecular weight is 387 g/mol. The summed E-state index contributed by atoms with van der Waals surface area (Å²) in [6.07, 6.45) is -0.125. The molecule has 140 valence electrons. The van der Waals surface area contributed by atoms with E-state index in [1.165, 1.54) is 4.68 Å². The highest BCUT2D eigenvalue weighted by atomic mass is 32.2. The summed E-state index contributed by atoms with van der Waals surface area (Å²) in [6.45, 7) is 1.69. The third-order valence-electron chi connectivity index (χ3n) is 4.12. The first-order valence-corrected chi connectivity index (χ1v) is 9.66. The molecule has 1 aromatic heterocycles. The number of sulfone groups is 1. The molecule has 2 heterocycles. The number of halogens is 3. The lowest BCUT2D eigenvalue weighted by atomic mass is 10.1. The Morgan fingerprint density at radius 1 is 1.23 bits per heavy atom. The van der Waals surface area contributed by atoms with Crippen molar-refractivity contribution in [3.63, 3.8) is 0 Å². The van der Waals surface area contributed by atoms with Gasteiger partial charge in [-0.2, -0.15) is 5.10 Å². The summed E-state index contributed by atoms with van der Waals surface area (Å²) < 4.78 is 64.6. The lowest BCUT2D eigenvalue weighted by Gasteiger charge is -2.14. The number of hydrogen-bond donors (Lipinski definition) is 1. The summed E-state index contributed by atoms with van der Waals surface area (Å²) in [4.78, 5) is 12.2. The SMILES string of the molecule is Cc1cc(NC(=O)Cc2cc(F)c(F)cc2F)n(C2CCS(=O)(=O)C2)n1. The van der Waals surface area contributed by atoms with Gasteiger partial charge < -0.3 is 5.32 Å². The molecule has 1 fully saturated rings. The Kier molecular flexibility index (Phi) is 4.78. The number of amides is 1. The van der Waals surface area contributed by atoms with Crippen LogP contribution < -0.4 is 5.32 Å². The summed E-state index contributed by atoms with van der Waals surface area (Å²) in [6, 6.07) is 2.18. The Morgan fingerprint density at radius 2 is 1.92 bits per heavy atom. The molecule has 2 aromatic rings. The maximum absolute atomic E-state index is 13.7. The van der Waals surface area contributed by atoms with Crippen LogP contribution >= 0.6 is 0 Å². The molecule has 1 unspecified atom stereocenters. The van der Waals surface area contributed by atoms with E-state index < -0.39 is 45.7 Å². The Bertz CT molecular complexity index is 973. The summed E-state index contributed by atoms with van der Waals surface area (Å²) in [5.41, 5.74) is 0.288. The largest absolute Gasteiger partial charge is 0.311 e. The van der Waals surface area contributed by atoms with Crippen molar-refractivity contribution >= 4 is 21.6 Å². The second-order valence-electron chi connectivity index (χ2n) is 6.26. The molecule has 1 amide bonds. The van der Waals surface area contributed by atoms with Gasteiger partial charge in [-0.3, -0.25) is 4.79 Å². The molecule has 0 aliphatic carbocycles. The van der Waals surface area contributed by atoms with Crippen LogP contribution in [0, 0.1) is 24.4 Å². The Hall–Kier alpha value is -2.36. The van der Waals surface area contributed by atoms with Crippen LogP contribution in [-0.2, 0) is 21.1 Å². The van der Waals surface area contributed by atoms with Gasteiger partial charge in [0.1, 0.15) is 11.6 Å². The maximum Gasteiger partial charge on any atom is 0.230 e. The number of carbonyl (C=O) groups excluding carboxylic acids is 1. The van der Waals surface area contributed by atoms with Gasteiger partial charge in [0.05, 0.1) is 29.7 Å². The molecule has 1 aromatic carbocycles. The normalized spacial score (nSPS) is 18.8. The molecule has 1 aliphatic rings. The minimum atomic E-state index is -3.14. The summed E-state index contributed by atoms with van der Waals surface area (Å²) in [5, 5.41) is 6.74. The van der Waals surface area contributed by atoms with Gasteiger partial charge in [0, 0.05) is 17.7 Å². The number of anilines is 1. The molecule has 6 nitrogen and oxygen atoms in total. The van der Waals surface area contributed by atoms with Crippen molar-refractivity contribution < 1.29 is 26.4 Å². The van der Waals surface area contributed by atoms with Gasteiger partial charge in [0.2, 0.25) is 5.91 Å². The van der Waals surface area contributed by atoms with Gasteiger partial charge in [0.25, 0.3) is 0 Å². The Labute approximate surface area is 147 Å². The Morgan fingerprint density at radius 3 is 2.58 bits per heavy atom. The first-order valence-electron chi connectivity index (χ1n) is 7.84. The highest BCUT2D eigenvalue weighted by molar-refractivity contribution is 7.91.